The van der Waals surface area contributed by atoms with E-state index in [1.54, 1.807) is 0 Å². The number of nitrogens with zero attached hydrogens (tertiary/aromatic N) is 4. The molecule has 4 nitrogen and oxygen atoms in total. The molecule has 0 saturated heterocycles. The van der Waals surface area contributed by atoms with Crippen LogP contribution in [0.3, 0.4) is 0 Å². The molecule has 2 aromatic heterocycles. The number of anilines is 1. The van der Waals surface area contributed by atoms with Gasteiger partial charge in [-0.1, -0.05) is 30.3 Å². The fourth-order valence-corrected chi connectivity index (χ4v) is 4.25. The van der Waals surface area contributed by atoms with Gasteiger partial charge in [-0.05, 0) is 74.6 Å². The first-order valence-electron chi connectivity index (χ1n) is 10.4. The van der Waals surface area contributed by atoms with Crippen molar-refractivity contribution in [3.8, 4) is 16.8 Å². The summed E-state index contributed by atoms with van der Waals surface area (Å²) >= 11 is 0. The van der Waals surface area contributed by atoms with E-state index < -0.39 is 0 Å². The number of benzene rings is 2. The molecular weight excluding hydrogens is 356 g/mol. The van der Waals surface area contributed by atoms with E-state index in [1.165, 1.54) is 36.1 Å². The first-order valence-corrected chi connectivity index (χ1v) is 10.4. The summed E-state index contributed by atoms with van der Waals surface area (Å²) in [6, 6.07) is 22.1. The predicted molar refractivity (Wildman–Crippen MR) is 120 cm³/mol. The van der Waals surface area contributed by atoms with Crippen LogP contribution in [-0.2, 0) is 0 Å². The molecule has 0 amide bonds. The van der Waals surface area contributed by atoms with Crippen molar-refractivity contribution < 1.29 is 0 Å². The van der Waals surface area contributed by atoms with Gasteiger partial charge in [0.2, 0.25) is 0 Å². The molecule has 146 valence electrons. The molecule has 0 spiro atoms. The van der Waals surface area contributed by atoms with Crippen molar-refractivity contribution in [2.45, 2.75) is 39.2 Å². The molecule has 0 bridgehead atoms. The maximum atomic E-state index is 4.84. The zero-order valence-corrected chi connectivity index (χ0v) is 17.3. The summed E-state index contributed by atoms with van der Waals surface area (Å²) in [5.74, 6) is 0. The van der Waals surface area contributed by atoms with Crippen molar-refractivity contribution in [1.29, 1.82) is 0 Å². The first kappa shape index (κ1) is 17.9. The summed E-state index contributed by atoms with van der Waals surface area (Å²) in [7, 11) is 2.21. The highest BCUT2D eigenvalue weighted by molar-refractivity contribution is 5.96. The van der Waals surface area contributed by atoms with Gasteiger partial charge in [-0.2, -0.15) is 5.10 Å². The average molecular weight is 383 g/mol. The summed E-state index contributed by atoms with van der Waals surface area (Å²) in [6.45, 7) is 4.13. The third kappa shape index (κ3) is 3.09. The Bertz CT molecular complexity index is 1160. The second kappa shape index (κ2) is 7.03. The third-order valence-electron chi connectivity index (χ3n) is 6.15. The lowest BCUT2D eigenvalue weighted by molar-refractivity contribution is 0.401. The van der Waals surface area contributed by atoms with E-state index in [-0.39, 0.29) is 0 Å². The van der Waals surface area contributed by atoms with Crippen LogP contribution >= 0.6 is 0 Å². The summed E-state index contributed by atoms with van der Waals surface area (Å²) in [5, 5.41) is 5.95. The molecule has 1 saturated carbocycles. The molecule has 1 fully saturated rings. The Balaban J connectivity index is 1.61. The molecule has 4 aromatic rings. The summed E-state index contributed by atoms with van der Waals surface area (Å²) in [6.07, 6.45) is 3.96. The highest BCUT2D eigenvalue weighted by atomic mass is 15.3. The second-order valence-electron chi connectivity index (χ2n) is 8.09. The summed E-state index contributed by atoms with van der Waals surface area (Å²) < 4.78 is 1.96. The topological polar surface area (TPSA) is 34.0 Å². The van der Waals surface area contributed by atoms with E-state index in [1.807, 2.05) is 22.9 Å². The Kier molecular flexibility index (Phi) is 4.35. The molecule has 0 radical (unpaired) electrons. The van der Waals surface area contributed by atoms with Gasteiger partial charge in [0.15, 0.2) is 5.65 Å². The molecule has 29 heavy (non-hydrogen) atoms. The van der Waals surface area contributed by atoms with Gasteiger partial charge >= 0.3 is 0 Å². The predicted octanol–water partition coefficient (Wildman–Crippen LogP) is 5.69. The average Bonchev–Trinajstić information content (AvgIpc) is 3.03. The minimum Gasteiger partial charge on any atom is -0.372 e. The molecule has 4 heteroatoms. The van der Waals surface area contributed by atoms with Crippen LogP contribution in [-0.4, -0.2) is 27.9 Å². The van der Waals surface area contributed by atoms with Crippen LogP contribution < -0.4 is 4.90 Å². The van der Waals surface area contributed by atoms with Crippen molar-refractivity contribution in [3.05, 3.63) is 72.1 Å². The van der Waals surface area contributed by atoms with E-state index in [0.717, 1.165) is 28.1 Å². The minimum atomic E-state index is 0.696. The van der Waals surface area contributed by atoms with Crippen LogP contribution in [0.15, 0.2) is 60.7 Å². The quantitative estimate of drug-likeness (QED) is 0.454. The van der Waals surface area contributed by atoms with E-state index in [0.29, 0.717) is 6.04 Å². The molecule has 2 aromatic carbocycles. The SMILES string of the molecule is Cc1cc(-c2ccc(N(C)C3CCC3)cc2)c2c(C)nn(-c3ccccc3)c2n1. The fourth-order valence-electron chi connectivity index (χ4n) is 4.25. The Morgan fingerprint density at radius 3 is 2.34 bits per heavy atom. The first-order chi connectivity index (χ1) is 14.1. The van der Waals surface area contributed by atoms with Crippen molar-refractivity contribution in [2.24, 2.45) is 0 Å². The fraction of sp³-hybridized carbons (Fsp3) is 0.280. The van der Waals surface area contributed by atoms with Gasteiger partial charge in [-0.3, -0.25) is 0 Å². The smallest absolute Gasteiger partial charge is 0.164 e. The van der Waals surface area contributed by atoms with E-state index >= 15 is 0 Å². The Hall–Kier alpha value is -3.14. The number of hydrogen-bond donors (Lipinski definition) is 0. The maximum absolute atomic E-state index is 4.84. The molecule has 2 heterocycles. The molecule has 0 unspecified atom stereocenters. The van der Waals surface area contributed by atoms with Gasteiger partial charge in [0.05, 0.1) is 16.8 Å². The number of hydrogen-bond acceptors (Lipinski definition) is 3. The van der Waals surface area contributed by atoms with Gasteiger partial charge in [0.25, 0.3) is 0 Å². The maximum Gasteiger partial charge on any atom is 0.164 e. The van der Waals surface area contributed by atoms with Crippen LogP contribution in [0.2, 0.25) is 0 Å². The Labute approximate surface area is 171 Å². The molecule has 0 aliphatic heterocycles. The summed E-state index contributed by atoms with van der Waals surface area (Å²) in [5.41, 5.74) is 7.65. The van der Waals surface area contributed by atoms with Gasteiger partial charge in [-0.15, -0.1) is 0 Å². The molecule has 1 aliphatic rings. The van der Waals surface area contributed by atoms with E-state index in [4.69, 9.17) is 10.1 Å². The summed E-state index contributed by atoms with van der Waals surface area (Å²) in [4.78, 5) is 7.25. The van der Waals surface area contributed by atoms with Crippen LogP contribution in [0.5, 0.6) is 0 Å². The number of rotatable bonds is 4. The van der Waals surface area contributed by atoms with Crippen molar-refractivity contribution >= 4 is 16.7 Å². The van der Waals surface area contributed by atoms with Gasteiger partial charge in [-0.25, -0.2) is 9.67 Å². The Morgan fingerprint density at radius 2 is 1.69 bits per heavy atom. The van der Waals surface area contributed by atoms with Crippen LogP contribution in [0.4, 0.5) is 5.69 Å². The molecule has 0 atom stereocenters. The lowest BCUT2D eigenvalue weighted by Gasteiger charge is -2.36. The molecular formula is C25H26N4. The highest BCUT2D eigenvalue weighted by Crippen LogP contribution is 2.34. The van der Waals surface area contributed by atoms with Crippen LogP contribution in [0.1, 0.15) is 30.7 Å². The lowest BCUT2D eigenvalue weighted by Crippen LogP contribution is -2.36. The number of aryl methyl sites for hydroxylation is 2. The Morgan fingerprint density at radius 1 is 0.966 bits per heavy atom. The van der Waals surface area contributed by atoms with E-state index in [2.05, 4.69) is 68.3 Å². The molecule has 5 rings (SSSR count). The number of para-hydroxylation sites is 1. The molecule has 1 aliphatic carbocycles. The largest absolute Gasteiger partial charge is 0.372 e. The van der Waals surface area contributed by atoms with Gasteiger partial charge < -0.3 is 4.90 Å². The van der Waals surface area contributed by atoms with Gasteiger partial charge in [0, 0.05) is 24.5 Å². The van der Waals surface area contributed by atoms with Gasteiger partial charge in [0.1, 0.15) is 0 Å². The normalized spacial score (nSPS) is 14.2. The van der Waals surface area contributed by atoms with Crippen LogP contribution in [0, 0.1) is 13.8 Å². The van der Waals surface area contributed by atoms with E-state index in [9.17, 15) is 0 Å². The van der Waals surface area contributed by atoms with Crippen molar-refractivity contribution in [2.75, 3.05) is 11.9 Å². The van der Waals surface area contributed by atoms with Crippen molar-refractivity contribution in [3.63, 3.8) is 0 Å². The monoisotopic (exact) mass is 382 g/mol. The highest BCUT2D eigenvalue weighted by Gasteiger charge is 2.22. The van der Waals surface area contributed by atoms with Crippen molar-refractivity contribution in [1.82, 2.24) is 14.8 Å². The number of fused-ring (bicyclic) bond motifs is 1. The van der Waals surface area contributed by atoms with Crippen LogP contribution in [0.25, 0.3) is 27.8 Å². The number of pyridine rings is 1. The standard InChI is InChI=1S/C25H26N4/c1-17-16-23(19-12-14-21(15-13-19)28(3)20-10-7-11-20)24-18(2)27-29(25(24)26-17)22-8-5-4-6-9-22/h4-6,8-9,12-16,20H,7,10-11H2,1-3H3. The third-order valence-corrected chi connectivity index (χ3v) is 6.15. The zero-order valence-electron chi connectivity index (χ0n) is 17.3. The number of aromatic nitrogens is 3. The lowest BCUT2D eigenvalue weighted by atomic mass is 9.91. The second-order valence-corrected chi connectivity index (χ2v) is 8.09. The minimum absolute atomic E-state index is 0.696. The zero-order chi connectivity index (χ0) is 20.0. The molecule has 0 N–H and O–H groups in total.